The molecule has 168 valence electrons. The van der Waals surface area contributed by atoms with Crippen molar-refractivity contribution in [3.63, 3.8) is 0 Å². The van der Waals surface area contributed by atoms with Crippen LogP contribution in [0.5, 0.6) is 0 Å². The SMILES string of the molecule is CCn1nccc1C(=O)N(CCCN1CCOCC1)c1nc2cc(C)cc(C)c2s1.Cl. The number of hydrogen-bond donors (Lipinski definition) is 0. The van der Waals surface area contributed by atoms with Crippen LogP contribution in [0.4, 0.5) is 5.13 Å². The van der Waals surface area contributed by atoms with Gasteiger partial charge in [-0.3, -0.25) is 19.3 Å². The third-order valence-electron chi connectivity index (χ3n) is 5.48. The summed E-state index contributed by atoms with van der Waals surface area (Å²) in [5, 5.41) is 5.04. The Balaban J connectivity index is 0.00000272. The van der Waals surface area contributed by atoms with Crippen molar-refractivity contribution in [2.45, 2.75) is 33.7 Å². The molecule has 0 N–H and O–H groups in total. The lowest BCUT2D eigenvalue weighted by Gasteiger charge is -2.27. The molecular formula is C22H30ClN5O2S. The zero-order chi connectivity index (χ0) is 21.1. The monoisotopic (exact) mass is 463 g/mol. The van der Waals surface area contributed by atoms with Crippen molar-refractivity contribution in [1.29, 1.82) is 0 Å². The lowest BCUT2D eigenvalue weighted by molar-refractivity contribution is 0.0376. The van der Waals surface area contributed by atoms with Crippen molar-refractivity contribution >= 4 is 45.0 Å². The average Bonchev–Trinajstić information content (AvgIpc) is 3.38. The molecule has 3 heterocycles. The molecule has 0 aliphatic carbocycles. The van der Waals surface area contributed by atoms with Crippen LogP contribution in [0.25, 0.3) is 10.2 Å². The highest BCUT2D eigenvalue weighted by Gasteiger charge is 2.24. The summed E-state index contributed by atoms with van der Waals surface area (Å²) in [6.07, 6.45) is 2.58. The second-order valence-electron chi connectivity index (χ2n) is 7.72. The second kappa shape index (κ2) is 10.5. The van der Waals surface area contributed by atoms with Crippen molar-refractivity contribution in [3.8, 4) is 0 Å². The van der Waals surface area contributed by atoms with Crippen LogP contribution in [0.3, 0.4) is 0 Å². The molecular weight excluding hydrogens is 434 g/mol. The number of thiazole rings is 1. The zero-order valence-electron chi connectivity index (χ0n) is 18.3. The number of carbonyl (C=O) groups excluding carboxylic acids is 1. The number of ether oxygens (including phenoxy) is 1. The minimum absolute atomic E-state index is 0. The first-order valence-electron chi connectivity index (χ1n) is 10.6. The maximum atomic E-state index is 13.5. The summed E-state index contributed by atoms with van der Waals surface area (Å²) < 4.78 is 8.33. The minimum atomic E-state index is -0.0373. The standard InChI is InChI=1S/C22H29N5O2S.ClH/c1-4-27-19(6-7-23-27)21(28)26(9-5-8-25-10-12-29-13-11-25)22-24-18-15-16(2)14-17(3)20(18)30-22;/h6-7,14-15H,4-5,8-13H2,1-3H3;1H. The summed E-state index contributed by atoms with van der Waals surface area (Å²) in [5.41, 5.74) is 3.96. The molecule has 1 aliphatic heterocycles. The molecule has 1 saturated heterocycles. The van der Waals surface area contributed by atoms with Crippen LogP contribution in [0, 0.1) is 13.8 Å². The third-order valence-corrected chi connectivity index (χ3v) is 6.71. The van der Waals surface area contributed by atoms with Gasteiger partial charge in [-0.1, -0.05) is 17.4 Å². The number of anilines is 1. The van der Waals surface area contributed by atoms with Gasteiger partial charge in [0.15, 0.2) is 5.13 Å². The number of benzene rings is 1. The number of fused-ring (bicyclic) bond motifs is 1. The summed E-state index contributed by atoms with van der Waals surface area (Å²) in [6, 6.07) is 6.06. The maximum Gasteiger partial charge on any atom is 0.278 e. The lowest BCUT2D eigenvalue weighted by atomic mass is 10.1. The first-order chi connectivity index (χ1) is 14.6. The molecule has 4 rings (SSSR count). The van der Waals surface area contributed by atoms with Gasteiger partial charge in [-0.15, -0.1) is 12.4 Å². The fraction of sp³-hybridized carbons (Fsp3) is 0.500. The Bertz CT molecular complexity index is 1030. The van der Waals surface area contributed by atoms with E-state index in [0.717, 1.165) is 54.6 Å². The van der Waals surface area contributed by atoms with Gasteiger partial charge in [0.1, 0.15) is 5.69 Å². The maximum absolute atomic E-state index is 13.5. The van der Waals surface area contributed by atoms with E-state index in [0.29, 0.717) is 18.8 Å². The Kier molecular flexibility index (Phi) is 8.05. The summed E-state index contributed by atoms with van der Waals surface area (Å²) in [7, 11) is 0. The Morgan fingerprint density at radius 1 is 1.26 bits per heavy atom. The largest absolute Gasteiger partial charge is 0.379 e. The normalized spacial score (nSPS) is 14.5. The molecule has 1 aromatic carbocycles. The molecule has 3 aromatic rings. The van der Waals surface area contributed by atoms with E-state index in [2.05, 4.69) is 36.0 Å². The summed E-state index contributed by atoms with van der Waals surface area (Å²) in [5.74, 6) is -0.0373. The number of aromatic nitrogens is 3. The number of carbonyl (C=O) groups is 1. The van der Waals surface area contributed by atoms with Crippen molar-refractivity contribution in [3.05, 3.63) is 41.2 Å². The molecule has 0 saturated carbocycles. The minimum Gasteiger partial charge on any atom is -0.379 e. The van der Waals surface area contributed by atoms with Crippen molar-refractivity contribution in [2.75, 3.05) is 44.3 Å². The molecule has 7 nitrogen and oxygen atoms in total. The average molecular weight is 464 g/mol. The highest BCUT2D eigenvalue weighted by Crippen LogP contribution is 2.33. The van der Waals surface area contributed by atoms with Crippen LogP contribution in [-0.2, 0) is 11.3 Å². The number of halogens is 1. The molecule has 1 amide bonds. The highest BCUT2D eigenvalue weighted by molar-refractivity contribution is 7.22. The Labute approximate surface area is 193 Å². The van der Waals surface area contributed by atoms with Gasteiger partial charge in [0.2, 0.25) is 0 Å². The van der Waals surface area contributed by atoms with E-state index in [9.17, 15) is 4.79 Å². The molecule has 1 fully saturated rings. The number of aryl methyl sites for hydroxylation is 3. The third kappa shape index (κ3) is 5.26. The van der Waals surface area contributed by atoms with Gasteiger partial charge in [0.05, 0.1) is 23.4 Å². The number of hydrogen-bond acceptors (Lipinski definition) is 6. The molecule has 1 aliphatic rings. The van der Waals surface area contributed by atoms with E-state index in [1.54, 1.807) is 28.3 Å². The van der Waals surface area contributed by atoms with Crippen LogP contribution in [0.1, 0.15) is 35.0 Å². The van der Waals surface area contributed by atoms with E-state index >= 15 is 0 Å². The predicted molar refractivity (Wildman–Crippen MR) is 128 cm³/mol. The summed E-state index contributed by atoms with van der Waals surface area (Å²) in [6.45, 7) is 11.9. The Hall–Kier alpha value is -2.00. The van der Waals surface area contributed by atoms with Gasteiger partial charge in [-0.25, -0.2) is 4.98 Å². The van der Waals surface area contributed by atoms with Gasteiger partial charge in [0, 0.05) is 38.9 Å². The lowest BCUT2D eigenvalue weighted by Crippen LogP contribution is -2.39. The molecule has 0 spiro atoms. The van der Waals surface area contributed by atoms with Crippen LogP contribution in [0.2, 0.25) is 0 Å². The molecule has 2 aromatic heterocycles. The Morgan fingerprint density at radius 2 is 2.03 bits per heavy atom. The van der Waals surface area contributed by atoms with Gasteiger partial charge >= 0.3 is 0 Å². The molecule has 0 unspecified atom stereocenters. The predicted octanol–water partition coefficient (Wildman–Crippen LogP) is 3.92. The fourth-order valence-electron chi connectivity index (χ4n) is 3.95. The zero-order valence-corrected chi connectivity index (χ0v) is 20.0. The van der Waals surface area contributed by atoms with Crippen molar-refractivity contribution in [1.82, 2.24) is 19.7 Å². The topological polar surface area (TPSA) is 63.5 Å². The number of rotatable bonds is 7. The summed E-state index contributed by atoms with van der Waals surface area (Å²) >= 11 is 1.60. The number of amides is 1. The van der Waals surface area contributed by atoms with E-state index in [1.807, 2.05) is 11.8 Å². The highest BCUT2D eigenvalue weighted by atomic mass is 35.5. The van der Waals surface area contributed by atoms with Gasteiger partial charge < -0.3 is 4.74 Å². The van der Waals surface area contributed by atoms with Gasteiger partial charge in [-0.05, 0) is 50.5 Å². The van der Waals surface area contributed by atoms with E-state index in [-0.39, 0.29) is 18.3 Å². The molecule has 9 heteroatoms. The Morgan fingerprint density at radius 3 is 2.77 bits per heavy atom. The van der Waals surface area contributed by atoms with Crippen LogP contribution < -0.4 is 4.90 Å². The van der Waals surface area contributed by atoms with E-state index < -0.39 is 0 Å². The number of morpholine rings is 1. The smallest absolute Gasteiger partial charge is 0.278 e. The molecule has 0 atom stereocenters. The van der Waals surface area contributed by atoms with E-state index in [1.165, 1.54) is 11.1 Å². The molecule has 0 radical (unpaired) electrons. The summed E-state index contributed by atoms with van der Waals surface area (Å²) in [4.78, 5) is 22.6. The first kappa shape index (κ1) is 23.7. The fourth-order valence-corrected chi connectivity index (χ4v) is 4.99. The van der Waals surface area contributed by atoms with E-state index in [4.69, 9.17) is 9.72 Å². The quantitative estimate of drug-likeness (QED) is 0.531. The molecule has 31 heavy (non-hydrogen) atoms. The molecule has 0 bridgehead atoms. The van der Waals surface area contributed by atoms with Crippen molar-refractivity contribution < 1.29 is 9.53 Å². The van der Waals surface area contributed by atoms with Crippen molar-refractivity contribution in [2.24, 2.45) is 0 Å². The number of nitrogens with zero attached hydrogens (tertiary/aromatic N) is 5. The second-order valence-corrected chi connectivity index (χ2v) is 8.70. The first-order valence-corrected chi connectivity index (χ1v) is 11.4. The van der Waals surface area contributed by atoms with Crippen LogP contribution in [-0.4, -0.2) is 65.0 Å². The van der Waals surface area contributed by atoms with Gasteiger partial charge in [0.25, 0.3) is 5.91 Å². The van der Waals surface area contributed by atoms with Gasteiger partial charge in [-0.2, -0.15) is 5.10 Å². The van der Waals surface area contributed by atoms with Crippen LogP contribution >= 0.6 is 23.7 Å². The van der Waals surface area contributed by atoms with Crippen LogP contribution in [0.15, 0.2) is 24.4 Å².